The minimum absolute atomic E-state index is 0.0271. The molecule has 0 aromatic heterocycles. The number of carbonyl (C=O) groups is 12. The number of amides is 6. The molecule has 1 fully saturated rings. The fourth-order valence-corrected chi connectivity index (χ4v) is 9.01. The summed E-state index contributed by atoms with van der Waals surface area (Å²) < 4.78 is 0. The van der Waals surface area contributed by atoms with E-state index in [0.29, 0.717) is 83.8 Å². The van der Waals surface area contributed by atoms with E-state index < -0.39 is 114 Å². The van der Waals surface area contributed by atoms with Crippen LogP contribution in [-0.2, 0) is 57.5 Å². The number of unbranched alkanes of at least 4 members (excludes halogenated alkanes) is 3. The Morgan fingerprint density at radius 2 is 1.07 bits per heavy atom. The molecule has 0 spiro atoms. The second kappa shape index (κ2) is 38.3. The van der Waals surface area contributed by atoms with Crippen molar-refractivity contribution in [3.8, 4) is 0 Å². The number of carbonyl (C=O) groups excluding carboxylic acids is 12. The van der Waals surface area contributed by atoms with E-state index in [2.05, 4.69) is 26.6 Å². The van der Waals surface area contributed by atoms with Gasteiger partial charge in [0.1, 0.15) is 29.7 Å². The van der Waals surface area contributed by atoms with Crippen molar-refractivity contribution >= 4 is 70.1 Å². The van der Waals surface area contributed by atoms with Crippen molar-refractivity contribution in [2.24, 2.45) is 40.9 Å². The molecular formula is C54H93N9O13. The zero-order valence-electron chi connectivity index (χ0n) is 46.3. The normalized spacial score (nSPS) is 15.7. The first-order valence-electron chi connectivity index (χ1n) is 27.5. The number of ketones is 6. The van der Waals surface area contributed by atoms with Gasteiger partial charge in [-0.3, -0.25) is 52.7 Å². The third kappa shape index (κ3) is 28.2. The minimum atomic E-state index is -1.41. The SMILES string of the molecule is CC(=O)CCC(=O)N[C@@H](CC(C)C)C(=O)N1CCC[C@H]1C(=O)N[C@@H](CC(C)C)C(=O)CCC(=O)NCC(=O)CCC(=O)N[C@@H](CO)C(=O)C[C@@H](CCCCN)C(=O)N[C@@H](CCCCN)C(=O)C[C@@H](CCCCN)C(C)=O. The second-order valence-corrected chi connectivity index (χ2v) is 21.2. The zero-order valence-corrected chi connectivity index (χ0v) is 46.3. The zero-order chi connectivity index (χ0) is 57.3. The fourth-order valence-electron chi connectivity index (χ4n) is 9.01. The van der Waals surface area contributed by atoms with Crippen molar-refractivity contribution in [3.05, 3.63) is 0 Å². The van der Waals surface area contributed by atoms with Gasteiger partial charge in [0.25, 0.3) is 0 Å². The summed E-state index contributed by atoms with van der Waals surface area (Å²) in [6, 6.07) is -5.11. The summed E-state index contributed by atoms with van der Waals surface area (Å²) in [6.45, 7) is 10.5. The molecule has 1 aliphatic heterocycles. The molecule has 0 saturated carbocycles. The number of aliphatic hydroxyl groups is 1. The standard InChI is InChI=1S/C54H93N9O13/c1-34(2)28-42(62-53(75)45-17-13-27-63(45)54(76)43(29-35(3)4)59-50(72)21-18-36(5)65)46(68)20-23-49(71)58-32-40(67)19-22-51(73)60-44(33-64)48(70)31-39(15-8-11-25-56)52(74)61-41(16-9-12-26-57)47(69)30-38(37(6)66)14-7-10-24-55/h34-35,38-39,41-45,64H,7-33,55-57H2,1-6H3,(H,58,71)(H,59,72)(H,60,73)(H,61,74)(H,62,75)/t38-,39-,41+,42+,43+,44+,45+/m1/s1. The first kappa shape index (κ1) is 68.7. The van der Waals surface area contributed by atoms with Crippen LogP contribution in [0, 0.1) is 23.7 Å². The number of nitrogens with two attached hydrogens (primary N) is 3. The van der Waals surface area contributed by atoms with Gasteiger partial charge in [0.2, 0.25) is 35.4 Å². The Balaban J connectivity index is 2.86. The van der Waals surface area contributed by atoms with E-state index in [0.717, 1.165) is 0 Å². The van der Waals surface area contributed by atoms with Crippen molar-refractivity contribution in [1.82, 2.24) is 31.5 Å². The molecule has 0 unspecified atom stereocenters. The van der Waals surface area contributed by atoms with Crippen molar-refractivity contribution in [2.75, 3.05) is 39.3 Å². The quantitative estimate of drug-likeness (QED) is 0.0389. The van der Waals surface area contributed by atoms with Crippen LogP contribution in [0.4, 0.5) is 0 Å². The number of Topliss-reactive ketones (excluding diaryl/α,β-unsaturated/α-hetero) is 6. The maximum absolute atomic E-state index is 13.8. The lowest BCUT2D eigenvalue weighted by molar-refractivity contribution is -0.142. The third-order valence-electron chi connectivity index (χ3n) is 13.4. The summed E-state index contributed by atoms with van der Waals surface area (Å²) in [5.74, 6) is -7.04. The van der Waals surface area contributed by atoms with Crippen LogP contribution in [0.5, 0.6) is 0 Å². The number of nitrogens with zero attached hydrogens (tertiary/aromatic N) is 1. The Morgan fingerprint density at radius 3 is 1.62 bits per heavy atom. The number of nitrogens with one attached hydrogen (secondary N) is 5. The molecule has 1 heterocycles. The van der Waals surface area contributed by atoms with E-state index in [1.165, 1.54) is 18.7 Å². The maximum atomic E-state index is 13.8. The topological polar surface area (TPSA) is 367 Å². The van der Waals surface area contributed by atoms with Crippen molar-refractivity contribution < 1.29 is 62.6 Å². The fraction of sp³-hybridized carbons (Fsp3) is 0.778. The molecule has 0 bridgehead atoms. The van der Waals surface area contributed by atoms with Crippen LogP contribution in [0.1, 0.15) is 176 Å². The lowest BCUT2D eigenvalue weighted by Crippen LogP contribution is -2.55. The van der Waals surface area contributed by atoms with Crippen molar-refractivity contribution in [2.45, 2.75) is 207 Å². The average Bonchev–Trinajstić information content (AvgIpc) is 3.86. The van der Waals surface area contributed by atoms with Gasteiger partial charge in [-0.1, -0.05) is 40.5 Å². The molecule has 6 amide bonds. The molecule has 7 atom stereocenters. The average molecular weight is 1080 g/mol. The lowest BCUT2D eigenvalue weighted by Gasteiger charge is -2.30. The van der Waals surface area contributed by atoms with E-state index >= 15 is 0 Å². The molecule has 1 aliphatic rings. The van der Waals surface area contributed by atoms with Crippen LogP contribution in [0.3, 0.4) is 0 Å². The predicted octanol–water partition coefficient (Wildman–Crippen LogP) is 1.31. The Bertz CT molecular complexity index is 1930. The smallest absolute Gasteiger partial charge is 0.245 e. The van der Waals surface area contributed by atoms with Gasteiger partial charge in [-0.15, -0.1) is 0 Å². The summed E-state index contributed by atoms with van der Waals surface area (Å²) in [5.41, 5.74) is 17.0. The van der Waals surface area contributed by atoms with Gasteiger partial charge in [-0.2, -0.15) is 0 Å². The van der Waals surface area contributed by atoms with Gasteiger partial charge in [0.05, 0.1) is 25.2 Å². The Labute approximate surface area is 449 Å². The van der Waals surface area contributed by atoms with Crippen LogP contribution in [0.15, 0.2) is 0 Å². The highest BCUT2D eigenvalue weighted by Crippen LogP contribution is 2.23. The van der Waals surface area contributed by atoms with Gasteiger partial charge in [-0.25, -0.2) is 0 Å². The molecule has 0 radical (unpaired) electrons. The first-order valence-corrected chi connectivity index (χ1v) is 27.5. The van der Waals surface area contributed by atoms with E-state index in [1.807, 2.05) is 27.7 Å². The molecule has 1 rings (SSSR count). The molecule has 12 N–H and O–H groups in total. The highest BCUT2D eigenvalue weighted by molar-refractivity contribution is 5.98. The maximum Gasteiger partial charge on any atom is 0.245 e. The number of rotatable bonds is 43. The first-order chi connectivity index (χ1) is 36.0. The lowest BCUT2D eigenvalue weighted by atomic mass is 9.88. The van der Waals surface area contributed by atoms with E-state index in [4.69, 9.17) is 17.2 Å². The monoisotopic (exact) mass is 1080 g/mol. The van der Waals surface area contributed by atoms with Gasteiger partial charge < -0.3 is 58.6 Å². The number of aliphatic hydroxyl groups excluding tert-OH is 1. The Hall–Kier alpha value is -5.32. The molecule has 22 heteroatoms. The number of hydrogen-bond acceptors (Lipinski definition) is 16. The van der Waals surface area contributed by atoms with Crippen LogP contribution in [-0.4, -0.2) is 150 Å². The molecule has 0 aromatic rings. The third-order valence-corrected chi connectivity index (χ3v) is 13.4. The van der Waals surface area contributed by atoms with Gasteiger partial charge in [-0.05, 0) is 116 Å². The molecule has 76 heavy (non-hydrogen) atoms. The highest BCUT2D eigenvalue weighted by Gasteiger charge is 2.39. The largest absolute Gasteiger partial charge is 0.394 e. The molecule has 432 valence electrons. The van der Waals surface area contributed by atoms with Crippen LogP contribution in [0.2, 0.25) is 0 Å². The summed E-state index contributed by atoms with van der Waals surface area (Å²) in [5, 5.41) is 23.3. The summed E-state index contributed by atoms with van der Waals surface area (Å²) in [7, 11) is 0. The molecule has 22 nitrogen and oxygen atoms in total. The van der Waals surface area contributed by atoms with E-state index in [-0.39, 0.29) is 99.9 Å². The van der Waals surface area contributed by atoms with E-state index in [9.17, 15) is 62.6 Å². The van der Waals surface area contributed by atoms with Crippen molar-refractivity contribution in [1.29, 1.82) is 0 Å². The van der Waals surface area contributed by atoms with Crippen molar-refractivity contribution in [3.63, 3.8) is 0 Å². The van der Waals surface area contributed by atoms with Gasteiger partial charge in [0, 0.05) is 69.7 Å². The van der Waals surface area contributed by atoms with Crippen LogP contribution < -0.4 is 43.8 Å². The molecule has 0 aromatic carbocycles. The van der Waals surface area contributed by atoms with Crippen LogP contribution >= 0.6 is 0 Å². The highest BCUT2D eigenvalue weighted by atomic mass is 16.3. The molecular weight excluding hydrogens is 983 g/mol. The molecule has 0 aliphatic carbocycles. The Kier molecular flexibility index (Phi) is 34.6. The van der Waals surface area contributed by atoms with Gasteiger partial charge in [0.15, 0.2) is 23.1 Å². The van der Waals surface area contributed by atoms with Crippen LogP contribution in [0.25, 0.3) is 0 Å². The second-order valence-electron chi connectivity index (χ2n) is 21.2. The Morgan fingerprint density at radius 1 is 0.553 bits per heavy atom. The van der Waals surface area contributed by atoms with E-state index in [1.54, 1.807) is 0 Å². The summed E-state index contributed by atoms with van der Waals surface area (Å²) in [4.78, 5) is 158. The van der Waals surface area contributed by atoms with Gasteiger partial charge >= 0.3 is 0 Å². The summed E-state index contributed by atoms with van der Waals surface area (Å²) >= 11 is 0. The molecule has 1 saturated heterocycles. The summed E-state index contributed by atoms with van der Waals surface area (Å²) in [6.07, 6.45) is 4.15. The number of hydrogen-bond donors (Lipinski definition) is 9. The predicted molar refractivity (Wildman–Crippen MR) is 285 cm³/mol. The minimum Gasteiger partial charge on any atom is -0.394 e. The number of likely N-dealkylation sites (tertiary alicyclic amines) is 1.